The normalized spacial score (nSPS) is 10.9. The number of ether oxygens (including phenoxy) is 1. The van der Waals surface area contributed by atoms with Gasteiger partial charge in [0.1, 0.15) is 17.9 Å². The van der Waals surface area contributed by atoms with Crippen molar-refractivity contribution in [1.82, 2.24) is 5.32 Å². The van der Waals surface area contributed by atoms with Gasteiger partial charge < -0.3 is 14.5 Å². The van der Waals surface area contributed by atoms with Crippen LogP contribution in [0.15, 0.2) is 57.7 Å². The van der Waals surface area contributed by atoms with Crippen LogP contribution in [0.4, 0.5) is 0 Å². The zero-order valence-electron chi connectivity index (χ0n) is 13.3. The van der Waals surface area contributed by atoms with E-state index in [0.717, 1.165) is 22.3 Å². The molecule has 1 heterocycles. The van der Waals surface area contributed by atoms with Gasteiger partial charge in [-0.1, -0.05) is 29.8 Å². The van der Waals surface area contributed by atoms with Crippen LogP contribution in [0.5, 0.6) is 5.75 Å². The molecule has 1 N–H and O–H groups in total. The van der Waals surface area contributed by atoms with Gasteiger partial charge in [-0.2, -0.15) is 0 Å². The van der Waals surface area contributed by atoms with Crippen LogP contribution >= 0.6 is 11.6 Å². The maximum Gasteiger partial charge on any atom is 0.336 e. The van der Waals surface area contributed by atoms with Crippen molar-refractivity contribution in [3.8, 4) is 5.75 Å². The highest BCUT2D eigenvalue weighted by Crippen LogP contribution is 2.25. The van der Waals surface area contributed by atoms with Crippen LogP contribution in [0, 0.1) is 6.92 Å². The highest BCUT2D eigenvalue weighted by Gasteiger charge is 2.08. The highest BCUT2D eigenvalue weighted by molar-refractivity contribution is 6.32. The maximum atomic E-state index is 11.7. The second-order valence-corrected chi connectivity index (χ2v) is 5.93. The van der Waals surface area contributed by atoms with E-state index >= 15 is 0 Å². The van der Waals surface area contributed by atoms with Gasteiger partial charge in [0.2, 0.25) is 0 Å². The van der Waals surface area contributed by atoms with E-state index in [1.54, 1.807) is 6.07 Å². The Morgan fingerprint density at radius 1 is 1.17 bits per heavy atom. The lowest BCUT2D eigenvalue weighted by Crippen LogP contribution is -2.21. The third-order valence-corrected chi connectivity index (χ3v) is 4.12. The Morgan fingerprint density at radius 2 is 1.96 bits per heavy atom. The first kappa shape index (κ1) is 16.6. The van der Waals surface area contributed by atoms with Gasteiger partial charge in [-0.15, -0.1) is 0 Å². The van der Waals surface area contributed by atoms with E-state index in [1.165, 1.54) is 6.07 Å². The Morgan fingerprint density at radius 3 is 2.75 bits per heavy atom. The van der Waals surface area contributed by atoms with Gasteiger partial charge in [-0.3, -0.25) is 0 Å². The molecule has 124 valence electrons. The Bertz CT molecular complexity index is 890. The third-order valence-electron chi connectivity index (χ3n) is 3.72. The minimum atomic E-state index is -0.360. The summed E-state index contributed by atoms with van der Waals surface area (Å²) in [4.78, 5) is 11.7. The van der Waals surface area contributed by atoms with Gasteiger partial charge in [0.05, 0.1) is 0 Å². The quantitative estimate of drug-likeness (QED) is 0.544. The average Bonchev–Trinajstić information content (AvgIpc) is 2.57. The number of halogens is 1. The average molecular weight is 344 g/mol. The van der Waals surface area contributed by atoms with Gasteiger partial charge in [0.15, 0.2) is 0 Å². The van der Waals surface area contributed by atoms with E-state index < -0.39 is 0 Å². The summed E-state index contributed by atoms with van der Waals surface area (Å²) in [6.45, 7) is 3.63. The van der Waals surface area contributed by atoms with Crippen molar-refractivity contribution in [2.45, 2.75) is 13.5 Å². The molecular weight excluding hydrogens is 326 g/mol. The zero-order chi connectivity index (χ0) is 16.9. The molecule has 0 spiro atoms. The largest absolute Gasteiger partial charge is 0.492 e. The SMILES string of the molecule is Cc1cc2oc(=O)cc(CNCCOc3ccccc3)c2cc1Cl. The van der Waals surface area contributed by atoms with Crippen LogP contribution in [0.25, 0.3) is 11.0 Å². The summed E-state index contributed by atoms with van der Waals surface area (Å²) in [5.41, 5.74) is 1.94. The molecule has 0 saturated heterocycles. The molecule has 5 heteroatoms. The van der Waals surface area contributed by atoms with Crippen molar-refractivity contribution in [3.05, 3.63) is 75.1 Å². The van der Waals surface area contributed by atoms with E-state index in [9.17, 15) is 4.79 Å². The lowest BCUT2D eigenvalue weighted by Gasteiger charge is -2.10. The number of aryl methyl sites for hydroxylation is 1. The first-order valence-electron chi connectivity index (χ1n) is 7.75. The Balaban J connectivity index is 1.64. The summed E-state index contributed by atoms with van der Waals surface area (Å²) in [7, 11) is 0. The molecule has 0 radical (unpaired) electrons. The van der Waals surface area contributed by atoms with Crippen LogP contribution in [-0.2, 0) is 6.54 Å². The van der Waals surface area contributed by atoms with Crippen molar-refractivity contribution >= 4 is 22.6 Å². The summed E-state index contributed by atoms with van der Waals surface area (Å²) in [5, 5.41) is 4.78. The molecule has 0 bridgehead atoms. The molecule has 0 saturated carbocycles. The first-order valence-corrected chi connectivity index (χ1v) is 8.13. The molecule has 2 aromatic carbocycles. The number of para-hydroxylation sites is 1. The first-order chi connectivity index (χ1) is 11.6. The van der Waals surface area contributed by atoms with Crippen molar-refractivity contribution < 1.29 is 9.15 Å². The van der Waals surface area contributed by atoms with Crippen molar-refractivity contribution in [1.29, 1.82) is 0 Å². The molecule has 0 unspecified atom stereocenters. The topological polar surface area (TPSA) is 51.5 Å². The van der Waals surface area contributed by atoms with Crippen LogP contribution in [-0.4, -0.2) is 13.2 Å². The third kappa shape index (κ3) is 3.96. The van der Waals surface area contributed by atoms with Crippen LogP contribution < -0.4 is 15.7 Å². The molecule has 0 amide bonds. The van der Waals surface area contributed by atoms with Crippen LogP contribution in [0.2, 0.25) is 5.02 Å². The number of nitrogens with one attached hydrogen (secondary N) is 1. The zero-order valence-corrected chi connectivity index (χ0v) is 14.1. The number of hydrogen-bond acceptors (Lipinski definition) is 4. The van der Waals surface area contributed by atoms with Gasteiger partial charge in [-0.25, -0.2) is 4.79 Å². The Hall–Kier alpha value is -2.30. The number of benzene rings is 2. The number of rotatable bonds is 6. The van der Waals surface area contributed by atoms with E-state index in [2.05, 4.69) is 5.32 Å². The van der Waals surface area contributed by atoms with E-state index in [-0.39, 0.29) is 5.63 Å². The fraction of sp³-hybridized carbons (Fsp3) is 0.211. The van der Waals surface area contributed by atoms with E-state index in [1.807, 2.05) is 43.3 Å². The lowest BCUT2D eigenvalue weighted by atomic mass is 10.1. The smallest absolute Gasteiger partial charge is 0.336 e. The summed E-state index contributed by atoms with van der Waals surface area (Å²) < 4.78 is 10.9. The summed E-state index contributed by atoms with van der Waals surface area (Å²) >= 11 is 6.19. The number of hydrogen-bond donors (Lipinski definition) is 1. The standard InChI is InChI=1S/C19H18ClNO3/c1-13-9-18-16(11-17(13)20)14(10-19(22)24-18)12-21-7-8-23-15-5-3-2-4-6-15/h2-6,9-11,21H,7-8,12H2,1H3. The molecule has 0 aliphatic rings. The van der Waals surface area contributed by atoms with E-state index in [4.69, 9.17) is 20.8 Å². The molecule has 1 aromatic heterocycles. The molecular formula is C19H18ClNO3. The summed E-state index contributed by atoms with van der Waals surface area (Å²) in [6, 6.07) is 14.8. The molecule has 0 aliphatic carbocycles. The Labute approximate surface area is 145 Å². The fourth-order valence-corrected chi connectivity index (χ4v) is 2.64. The fourth-order valence-electron chi connectivity index (χ4n) is 2.48. The molecule has 0 fully saturated rings. The van der Waals surface area contributed by atoms with Crippen LogP contribution in [0.3, 0.4) is 0 Å². The number of fused-ring (bicyclic) bond motifs is 1. The minimum absolute atomic E-state index is 0.360. The van der Waals surface area contributed by atoms with Crippen molar-refractivity contribution in [2.24, 2.45) is 0 Å². The van der Waals surface area contributed by atoms with Crippen LogP contribution in [0.1, 0.15) is 11.1 Å². The minimum Gasteiger partial charge on any atom is -0.492 e. The summed E-state index contributed by atoms with van der Waals surface area (Å²) in [6.07, 6.45) is 0. The van der Waals surface area contributed by atoms with Gasteiger partial charge in [0, 0.05) is 29.6 Å². The summed E-state index contributed by atoms with van der Waals surface area (Å²) in [5.74, 6) is 0.840. The Kier molecular flexibility index (Phi) is 5.18. The monoisotopic (exact) mass is 343 g/mol. The predicted molar refractivity (Wildman–Crippen MR) is 95.9 cm³/mol. The van der Waals surface area contributed by atoms with Crippen molar-refractivity contribution in [2.75, 3.05) is 13.2 Å². The molecule has 0 aliphatic heterocycles. The predicted octanol–water partition coefficient (Wildman–Crippen LogP) is 3.92. The van der Waals surface area contributed by atoms with Crippen molar-refractivity contribution in [3.63, 3.8) is 0 Å². The molecule has 24 heavy (non-hydrogen) atoms. The van der Waals surface area contributed by atoms with Gasteiger partial charge in [0.25, 0.3) is 0 Å². The second kappa shape index (κ2) is 7.51. The maximum absolute atomic E-state index is 11.7. The van der Waals surface area contributed by atoms with Gasteiger partial charge >= 0.3 is 5.63 Å². The lowest BCUT2D eigenvalue weighted by molar-refractivity contribution is 0.313. The molecule has 4 nitrogen and oxygen atoms in total. The van der Waals surface area contributed by atoms with Gasteiger partial charge in [-0.05, 0) is 42.3 Å². The molecule has 3 aromatic rings. The molecule has 0 atom stereocenters. The van der Waals surface area contributed by atoms with E-state index in [0.29, 0.717) is 30.3 Å². The highest BCUT2D eigenvalue weighted by atomic mass is 35.5. The second-order valence-electron chi connectivity index (χ2n) is 5.53. The molecule has 3 rings (SSSR count).